The lowest BCUT2D eigenvalue weighted by Gasteiger charge is -2.08. The van der Waals surface area contributed by atoms with Gasteiger partial charge in [0.25, 0.3) is 0 Å². The lowest BCUT2D eigenvalue weighted by Crippen LogP contribution is -2.08. The van der Waals surface area contributed by atoms with Gasteiger partial charge >= 0.3 is 6.18 Å². The molecule has 0 aliphatic rings. The molecule has 0 spiro atoms. The highest BCUT2D eigenvalue weighted by Gasteiger charge is 2.30. The molecule has 0 saturated carbocycles. The smallest absolute Gasteiger partial charge is 0.289 e. The van der Waals surface area contributed by atoms with Crippen LogP contribution in [0.3, 0.4) is 0 Å². The van der Waals surface area contributed by atoms with Crippen LogP contribution in [0.5, 0.6) is 0 Å². The number of benzene rings is 3. The van der Waals surface area contributed by atoms with E-state index in [1.165, 1.54) is 12.1 Å². The van der Waals surface area contributed by atoms with Crippen molar-refractivity contribution in [2.75, 3.05) is 0 Å². The third kappa shape index (κ3) is 3.38. The Morgan fingerprint density at radius 3 is 1.92 bits per heavy atom. The van der Waals surface area contributed by atoms with Gasteiger partial charge in [-0.15, -0.1) is 0 Å². The predicted octanol–water partition coefficient (Wildman–Crippen LogP) is 5.60. The van der Waals surface area contributed by atoms with Crippen molar-refractivity contribution in [2.45, 2.75) is 6.18 Å². The van der Waals surface area contributed by atoms with Crippen molar-refractivity contribution < 1.29 is 18.0 Å². The summed E-state index contributed by atoms with van der Waals surface area (Å²) in [6.45, 7) is 0. The van der Waals surface area contributed by atoms with Crippen LogP contribution in [0, 0.1) is 0 Å². The maximum absolute atomic E-state index is 12.8. The zero-order valence-electron chi connectivity index (χ0n) is 12.5. The minimum Gasteiger partial charge on any atom is -0.289 e. The fraction of sp³-hybridized carbons (Fsp3) is 0.0500. The number of halogens is 3. The van der Waals surface area contributed by atoms with Crippen molar-refractivity contribution in [2.24, 2.45) is 0 Å². The molecular weight excluding hydrogens is 313 g/mol. The molecule has 0 bridgehead atoms. The maximum Gasteiger partial charge on any atom is 0.416 e. The Morgan fingerprint density at radius 1 is 0.667 bits per heavy atom. The van der Waals surface area contributed by atoms with Crippen molar-refractivity contribution in [3.8, 4) is 11.1 Å². The molecule has 0 unspecified atom stereocenters. The monoisotopic (exact) mass is 326 g/mol. The molecule has 0 aromatic heterocycles. The number of hydrogen-bond acceptors (Lipinski definition) is 1. The summed E-state index contributed by atoms with van der Waals surface area (Å²) in [5, 5.41) is 0. The number of carbonyl (C=O) groups excluding carboxylic acids is 1. The molecule has 3 aromatic carbocycles. The maximum atomic E-state index is 12.8. The Hall–Kier alpha value is -2.88. The van der Waals surface area contributed by atoms with E-state index in [1.54, 1.807) is 24.3 Å². The molecular formula is C20H13F3O. The predicted molar refractivity (Wildman–Crippen MR) is 86.8 cm³/mol. The van der Waals surface area contributed by atoms with Crippen molar-refractivity contribution in [3.63, 3.8) is 0 Å². The second-order valence-corrected chi connectivity index (χ2v) is 5.35. The van der Waals surface area contributed by atoms with Crippen molar-refractivity contribution >= 4 is 5.78 Å². The van der Waals surface area contributed by atoms with E-state index in [0.717, 1.165) is 23.3 Å². The molecule has 24 heavy (non-hydrogen) atoms. The molecule has 0 aliphatic carbocycles. The van der Waals surface area contributed by atoms with Crippen LogP contribution in [-0.4, -0.2) is 5.78 Å². The van der Waals surface area contributed by atoms with E-state index in [9.17, 15) is 18.0 Å². The van der Waals surface area contributed by atoms with Crippen molar-refractivity contribution in [1.82, 2.24) is 0 Å². The zero-order valence-corrected chi connectivity index (χ0v) is 12.5. The van der Waals surface area contributed by atoms with E-state index in [1.807, 2.05) is 30.3 Å². The summed E-state index contributed by atoms with van der Waals surface area (Å²) in [6.07, 6.45) is -4.46. The Labute approximate surface area is 137 Å². The van der Waals surface area contributed by atoms with Gasteiger partial charge in [-0.2, -0.15) is 13.2 Å². The fourth-order valence-corrected chi connectivity index (χ4v) is 2.45. The summed E-state index contributed by atoms with van der Waals surface area (Å²) in [7, 11) is 0. The van der Waals surface area contributed by atoms with Crippen LogP contribution in [0.2, 0.25) is 0 Å². The molecule has 0 heterocycles. The average Bonchev–Trinajstić information content (AvgIpc) is 2.61. The van der Waals surface area contributed by atoms with E-state index < -0.39 is 17.5 Å². The quantitative estimate of drug-likeness (QED) is 0.572. The number of alkyl halides is 3. The van der Waals surface area contributed by atoms with Crippen molar-refractivity contribution in [1.29, 1.82) is 0 Å². The summed E-state index contributed by atoms with van der Waals surface area (Å²) >= 11 is 0. The van der Waals surface area contributed by atoms with Gasteiger partial charge in [-0.25, -0.2) is 0 Å². The van der Waals surface area contributed by atoms with Gasteiger partial charge in [-0.1, -0.05) is 66.7 Å². The molecule has 3 aromatic rings. The molecule has 3 rings (SSSR count). The minimum absolute atomic E-state index is 0.0253. The van der Waals surface area contributed by atoms with Gasteiger partial charge in [0, 0.05) is 11.1 Å². The Kier molecular flexibility index (Phi) is 4.21. The molecule has 0 amide bonds. The van der Waals surface area contributed by atoms with Crippen LogP contribution in [0.25, 0.3) is 11.1 Å². The Balaban J connectivity index is 1.88. The van der Waals surface area contributed by atoms with Gasteiger partial charge in [0.2, 0.25) is 0 Å². The lowest BCUT2D eigenvalue weighted by molar-refractivity contribution is -0.137. The minimum atomic E-state index is -4.46. The topological polar surface area (TPSA) is 17.1 Å². The van der Waals surface area contributed by atoms with Crippen LogP contribution >= 0.6 is 0 Å². The zero-order chi connectivity index (χ0) is 17.2. The summed E-state index contributed by atoms with van der Waals surface area (Å²) in [6, 6.07) is 20.9. The van der Waals surface area contributed by atoms with Gasteiger partial charge in [0.05, 0.1) is 5.56 Å². The third-order valence-electron chi connectivity index (χ3n) is 3.71. The van der Waals surface area contributed by atoms with E-state index in [2.05, 4.69) is 0 Å². The average molecular weight is 326 g/mol. The van der Waals surface area contributed by atoms with Gasteiger partial charge < -0.3 is 0 Å². The molecule has 120 valence electrons. The van der Waals surface area contributed by atoms with Crippen LogP contribution in [-0.2, 0) is 6.18 Å². The van der Waals surface area contributed by atoms with Gasteiger partial charge in [-0.05, 0) is 23.3 Å². The van der Waals surface area contributed by atoms with E-state index in [0.29, 0.717) is 5.56 Å². The second kappa shape index (κ2) is 6.32. The first-order valence-corrected chi connectivity index (χ1v) is 7.32. The third-order valence-corrected chi connectivity index (χ3v) is 3.71. The van der Waals surface area contributed by atoms with Crippen LogP contribution in [0.15, 0.2) is 78.9 Å². The molecule has 1 nitrogen and oxygen atoms in total. The van der Waals surface area contributed by atoms with E-state index in [-0.39, 0.29) is 5.56 Å². The SMILES string of the molecule is O=C(c1ccc(-c2ccccc2)cc1)c1cccc(C(F)(F)F)c1. The summed E-state index contributed by atoms with van der Waals surface area (Å²) in [5.41, 5.74) is 1.51. The van der Waals surface area contributed by atoms with E-state index in [4.69, 9.17) is 0 Å². The first-order chi connectivity index (χ1) is 11.4. The normalized spacial score (nSPS) is 11.3. The van der Waals surface area contributed by atoms with E-state index >= 15 is 0 Å². The number of rotatable bonds is 3. The molecule has 0 aliphatic heterocycles. The number of ketones is 1. The highest BCUT2D eigenvalue weighted by Crippen LogP contribution is 2.30. The van der Waals surface area contributed by atoms with Crippen LogP contribution < -0.4 is 0 Å². The molecule has 0 saturated heterocycles. The molecule has 0 N–H and O–H groups in total. The first kappa shape index (κ1) is 16.0. The van der Waals surface area contributed by atoms with Gasteiger partial charge in [0.1, 0.15) is 0 Å². The van der Waals surface area contributed by atoms with Crippen LogP contribution in [0.1, 0.15) is 21.5 Å². The largest absolute Gasteiger partial charge is 0.416 e. The second-order valence-electron chi connectivity index (χ2n) is 5.35. The van der Waals surface area contributed by atoms with Crippen molar-refractivity contribution in [3.05, 3.63) is 95.6 Å². The molecule has 0 radical (unpaired) electrons. The molecule has 0 fully saturated rings. The number of hydrogen-bond donors (Lipinski definition) is 0. The van der Waals surface area contributed by atoms with Gasteiger partial charge in [0.15, 0.2) is 5.78 Å². The Morgan fingerprint density at radius 2 is 1.29 bits per heavy atom. The molecule has 4 heteroatoms. The summed E-state index contributed by atoms with van der Waals surface area (Å²) in [4.78, 5) is 12.4. The summed E-state index contributed by atoms with van der Waals surface area (Å²) < 4.78 is 38.3. The molecule has 0 atom stereocenters. The van der Waals surface area contributed by atoms with Gasteiger partial charge in [-0.3, -0.25) is 4.79 Å². The first-order valence-electron chi connectivity index (χ1n) is 7.32. The fourth-order valence-electron chi connectivity index (χ4n) is 2.45. The highest BCUT2D eigenvalue weighted by molar-refractivity contribution is 6.09. The standard InChI is InChI=1S/C20H13F3O/c21-20(22,23)18-8-4-7-17(13-18)19(24)16-11-9-15(10-12-16)14-5-2-1-3-6-14/h1-13H. The summed E-state index contributed by atoms with van der Waals surface area (Å²) in [5.74, 6) is -0.430. The van der Waals surface area contributed by atoms with Crippen LogP contribution in [0.4, 0.5) is 13.2 Å². The highest BCUT2D eigenvalue weighted by atomic mass is 19.4. The number of carbonyl (C=O) groups is 1. The lowest BCUT2D eigenvalue weighted by atomic mass is 9.98. The Bertz CT molecular complexity index is 850.